The van der Waals surface area contributed by atoms with E-state index >= 15 is 0 Å². The first kappa shape index (κ1) is 14.3. The first-order chi connectivity index (χ1) is 9.51. The summed E-state index contributed by atoms with van der Waals surface area (Å²) in [4.78, 5) is 12.2. The topological polar surface area (TPSA) is 60.9 Å². The van der Waals surface area contributed by atoms with Crippen LogP contribution in [0.3, 0.4) is 0 Å². The van der Waals surface area contributed by atoms with Gasteiger partial charge < -0.3 is 5.73 Å². The lowest BCUT2D eigenvalue weighted by molar-refractivity contribution is 0.0991. The summed E-state index contributed by atoms with van der Waals surface area (Å²) in [6.45, 7) is 6.14. The molecule has 1 heterocycles. The summed E-state index contributed by atoms with van der Waals surface area (Å²) >= 11 is 0. The Labute approximate surface area is 119 Å². The van der Waals surface area contributed by atoms with Crippen molar-refractivity contribution in [2.75, 3.05) is 5.73 Å². The van der Waals surface area contributed by atoms with Gasteiger partial charge in [-0.2, -0.15) is 5.10 Å². The van der Waals surface area contributed by atoms with Crippen molar-refractivity contribution in [2.24, 2.45) is 0 Å². The molecule has 0 bridgehead atoms. The Balaban J connectivity index is 2.11. The molecule has 4 nitrogen and oxygen atoms in total. The minimum absolute atomic E-state index is 0.0718. The van der Waals surface area contributed by atoms with E-state index in [0.717, 1.165) is 17.7 Å². The highest BCUT2D eigenvalue weighted by Gasteiger charge is 2.11. The minimum atomic E-state index is 0.0718. The zero-order chi connectivity index (χ0) is 14.7. The average Bonchev–Trinajstić information content (AvgIpc) is 2.89. The van der Waals surface area contributed by atoms with Crippen molar-refractivity contribution in [3.63, 3.8) is 0 Å². The van der Waals surface area contributed by atoms with Crippen molar-refractivity contribution in [2.45, 2.75) is 39.7 Å². The first-order valence-corrected chi connectivity index (χ1v) is 6.94. The molecule has 0 spiro atoms. The Hall–Kier alpha value is -2.10. The van der Waals surface area contributed by atoms with Crippen molar-refractivity contribution in [3.05, 3.63) is 47.3 Å². The van der Waals surface area contributed by atoms with E-state index in [-0.39, 0.29) is 5.78 Å². The van der Waals surface area contributed by atoms with Crippen LogP contribution in [0.1, 0.15) is 47.9 Å². The number of aromatic nitrogens is 2. The predicted molar refractivity (Wildman–Crippen MR) is 80.9 cm³/mol. The van der Waals surface area contributed by atoms with Gasteiger partial charge in [-0.3, -0.25) is 9.48 Å². The maximum absolute atomic E-state index is 12.2. The molecular weight excluding hydrogens is 250 g/mol. The fourth-order valence-electron chi connectivity index (χ4n) is 2.02. The molecule has 1 unspecified atom stereocenters. The third-order valence-electron chi connectivity index (χ3n) is 3.64. The number of anilines is 1. The molecule has 20 heavy (non-hydrogen) atoms. The molecule has 4 heteroatoms. The van der Waals surface area contributed by atoms with Crippen LogP contribution >= 0.6 is 0 Å². The normalized spacial score (nSPS) is 12.3. The largest absolute Gasteiger partial charge is 0.399 e. The highest BCUT2D eigenvalue weighted by Crippen LogP contribution is 2.15. The molecule has 1 aromatic heterocycles. The lowest BCUT2D eigenvalue weighted by Crippen LogP contribution is -2.08. The molecule has 0 fully saturated rings. The third kappa shape index (κ3) is 3.07. The van der Waals surface area contributed by atoms with E-state index in [9.17, 15) is 4.79 Å². The Morgan fingerprint density at radius 2 is 2.15 bits per heavy atom. The van der Waals surface area contributed by atoms with Gasteiger partial charge in [-0.25, -0.2) is 0 Å². The lowest BCUT2D eigenvalue weighted by Gasteiger charge is -2.08. The van der Waals surface area contributed by atoms with Crippen LogP contribution in [0.5, 0.6) is 0 Å². The van der Waals surface area contributed by atoms with Crippen LogP contribution in [0, 0.1) is 6.92 Å². The summed E-state index contributed by atoms with van der Waals surface area (Å²) < 4.78 is 1.91. The van der Waals surface area contributed by atoms with Gasteiger partial charge in [-0.15, -0.1) is 0 Å². The highest BCUT2D eigenvalue weighted by molar-refractivity contribution is 5.97. The summed E-state index contributed by atoms with van der Waals surface area (Å²) in [7, 11) is 0. The van der Waals surface area contributed by atoms with E-state index in [0.29, 0.717) is 23.7 Å². The van der Waals surface area contributed by atoms with E-state index in [1.807, 2.05) is 29.9 Å². The van der Waals surface area contributed by atoms with Crippen molar-refractivity contribution in [3.8, 4) is 0 Å². The Bertz CT molecular complexity index is 616. The molecule has 2 aromatic rings. The number of rotatable bonds is 5. The second-order valence-corrected chi connectivity index (χ2v) is 5.22. The van der Waals surface area contributed by atoms with Crippen LogP contribution in [0.15, 0.2) is 30.5 Å². The molecule has 0 saturated heterocycles. The molecule has 0 aliphatic heterocycles. The quantitative estimate of drug-likeness (QED) is 0.671. The van der Waals surface area contributed by atoms with Crippen molar-refractivity contribution in [1.29, 1.82) is 0 Å². The van der Waals surface area contributed by atoms with Crippen LogP contribution in [-0.2, 0) is 6.42 Å². The molecule has 2 N–H and O–H groups in total. The van der Waals surface area contributed by atoms with E-state index in [2.05, 4.69) is 18.9 Å². The number of nitrogens with zero attached hydrogens (tertiary/aromatic N) is 2. The monoisotopic (exact) mass is 271 g/mol. The molecule has 0 aliphatic rings. The number of Topliss-reactive ketones (excluding diaryl/α,β-unsaturated/α-hetero) is 1. The average molecular weight is 271 g/mol. The van der Waals surface area contributed by atoms with Crippen LogP contribution in [0.25, 0.3) is 0 Å². The summed E-state index contributed by atoms with van der Waals surface area (Å²) in [6.07, 6.45) is 3.28. The zero-order valence-corrected chi connectivity index (χ0v) is 12.3. The highest BCUT2D eigenvalue weighted by atomic mass is 16.1. The smallest absolute Gasteiger partial charge is 0.168 e. The molecule has 0 amide bonds. The summed E-state index contributed by atoms with van der Waals surface area (Å²) in [5, 5.41) is 4.46. The standard InChI is InChI=1S/C16H21N3O/c1-4-12(3)19-8-7-14(18-19)10-16(20)13-5-6-15(17)11(2)9-13/h5-9,12H,4,10,17H2,1-3H3. The van der Waals surface area contributed by atoms with Gasteiger partial charge in [0, 0.05) is 23.5 Å². The maximum atomic E-state index is 12.2. The van der Waals surface area contributed by atoms with E-state index in [4.69, 9.17) is 5.73 Å². The van der Waals surface area contributed by atoms with E-state index in [1.54, 1.807) is 12.1 Å². The number of hydrogen-bond donors (Lipinski definition) is 1. The molecule has 0 saturated carbocycles. The van der Waals surface area contributed by atoms with Gasteiger partial charge in [-0.1, -0.05) is 6.92 Å². The van der Waals surface area contributed by atoms with Crippen LogP contribution in [0.2, 0.25) is 0 Å². The number of nitrogen functional groups attached to an aromatic ring is 1. The maximum Gasteiger partial charge on any atom is 0.168 e. The fraction of sp³-hybridized carbons (Fsp3) is 0.375. The molecule has 0 aliphatic carbocycles. The first-order valence-electron chi connectivity index (χ1n) is 6.94. The van der Waals surface area contributed by atoms with Gasteiger partial charge in [0.05, 0.1) is 12.1 Å². The predicted octanol–water partition coefficient (Wildman–Crippen LogP) is 3.17. The summed E-state index contributed by atoms with van der Waals surface area (Å²) in [6, 6.07) is 7.66. The summed E-state index contributed by atoms with van der Waals surface area (Å²) in [5.41, 5.74) is 8.91. The van der Waals surface area contributed by atoms with Crippen LogP contribution in [-0.4, -0.2) is 15.6 Å². The van der Waals surface area contributed by atoms with Crippen molar-refractivity contribution >= 4 is 11.5 Å². The third-order valence-corrected chi connectivity index (χ3v) is 3.64. The molecule has 106 valence electrons. The number of carbonyl (C=O) groups is 1. The second kappa shape index (κ2) is 5.90. The lowest BCUT2D eigenvalue weighted by atomic mass is 10.0. The van der Waals surface area contributed by atoms with Crippen molar-refractivity contribution < 1.29 is 4.79 Å². The molecular formula is C16H21N3O. The van der Waals surface area contributed by atoms with E-state index < -0.39 is 0 Å². The number of benzene rings is 1. The van der Waals surface area contributed by atoms with Gasteiger partial charge >= 0.3 is 0 Å². The molecule has 2 rings (SSSR count). The fourth-order valence-corrected chi connectivity index (χ4v) is 2.02. The number of carbonyl (C=O) groups excluding carboxylic acids is 1. The Morgan fingerprint density at radius 1 is 1.40 bits per heavy atom. The minimum Gasteiger partial charge on any atom is -0.399 e. The van der Waals surface area contributed by atoms with Gasteiger partial charge in [0.2, 0.25) is 0 Å². The number of aryl methyl sites for hydroxylation is 1. The molecule has 1 atom stereocenters. The van der Waals surface area contributed by atoms with Crippen LogP contribution < -0.4 is 5.73 Å². The number of ketones is 1. The van der Waals surface area contributed by atoms with Gasteiger partial charge in [0.15, 0.2) is 5.78 Å². The molecule has 1 aromatic carbocycles. The SMILES string of the molecule is CCC(C)n1ccc(CC(=O)c2ccc(N)c(C)c2)n1. The van der Waals surface area contributed by atoms with Crippen molar-refractivity contribution in [1.82, 2.24) is 9.78 Å². The van der Waals surface area contributed by atoms with Gasteiger partial charge in [0.25, 0.3) is 0 Å². The Morgan fingerprint density at radius 3 is 2.80 bits per heavy atom. The molecule has 0 radical (unpaired) electrons. The number of nitrogens with two attached hydrogens (primary N) is 1. The van der Waals surface area contributed by atoms with E-state index in [1.165, 1.54) is 0 Å². The summed E-state index contributed by atoms with van der Waals surface area (Å²) in [5.74, 6) is 0.0718. The van der Waals surface area contributed by atoms with Crippen LogP contribution in [0.4, 0.5) is 5.69 Å². The zero-order valence-electron chi connectivity index (χ0n) is 12.3. The van der Waals surface area contributed by atoms with Gasteiger partial charge in [-0.05, 0) is 50.1 Å². The second-order valence-electron chi connectivity index (χ2n) is 5.22. The Kier molecular flexibility index (Phi) is 4.23. The van der Waals surface area contributed by atoms with Gasteiger partial charge in [0.1, 0.15) is 0 Å². The number of hydrogen-bond acceptors (Lipinski definition) is 3.